The molecule has 2 rings (SSSR count). The second-order valence-electron chi connectivity index (χ2n) is 4.19. The number of nitrogens with two attached hydrogens (primary N) is 1. The van der Waals surface area contributed by atoms with Crippen molar-refractivity contribution in [3.63, 3.8) is 0 Å². The van der Waals surface area contributed by atoms with Crippen molar-refractivity contribution in [1.82, 2.24) is 20.2 Å². The maximum atomic E-state index is 11.9. The van der Waals surface area contributed by atoms with E-state index in [1.54, 1.807) is 12.5 Å². The summed E-state index contributed by atoms with van der Waals surface area (Å²) in [6.07, 6.45) is 3.63. The van der Waals surface area contributed by atoms with Gasteiger partial charge in [0.2, 0.25) is 5.91 Å². The van der Waals surface area contributed by atoms with Gasteiger partial charge >= 0.3 is 0 Å². The number of nitrogens with one attached hydrogen (secondary N) is 3. The van der Waals surface area contributed by atoms with Gasteiger partial charge in [0, 0.05) is 18.3 Å². The maximum Gasteiger partial charge on any atom is 0.241 e. The molecule has 18 heavy (non-hydrogen) atoms. The zero-order valence-corrected chi connectivity index (χ0v) is 10.3. The predicted octanol–water partition coefficient (Wildman–Crippen LogP) is 0.258. The first kappa shape index (κ1) is 12.3. The standard InChI is InChI=1S/C11H16N6O/c1-6-10(7(2)17-16-6)15-11(18)9(12)3-8-4-13-5-14-8/h4-5,9H,3,12H2,1-2H3,(H,13,14)(H,15,18)(H,16,17)/t9-/m0/s1. The maximum absolute atomic E-state index is 11.9. The Morgan fingerprint density at radius 1 is 1.56 bits per heavy atom. The third-order valence-electron chi connectivity index (χ3n) is 2.71. The van der Waals surface area contributed by atoms with E-state index in [1.807, 2.05) is 13.8 Å². The minimum absolute atomic E-state index is 0.239. The van der Waals surface area contributed by atoms with Gasteiger partial charge in [-0.05, 0) is 13.8 Å². The third-order valence-corrected chi connectivity index (χ3v) is 2.71. The molecule has 0 aliphatic carbocycles. The first-order valence-corrected chi connectivity index (χ1v) is 5.63. The minimum atomic E-state index is -0.626. The first-order valence-electron chi connectivity index (χ1n) is 5.63. The van der Waals surface area contributed by atoms with E-state index >= 15 is 0 Å². The van der Waals surface area contributed by atoms with E-state index in [0.717, 1.165) is 17.1 Å². The number of aromatic nitrogens is 4. The van der Waals surface area contributed by atoms with E-state index in [2.05, 4.69) is 25.5 Å². The molecule has 0 aliphatic heterocycles. The smallest absolute Gasteiger partial charge is 0.241 e. The molecule has 1 atom stereocenters. The Labute approximate surface area is 104 Å². The molecule has 0 spiro atoms. The van der Waals surface area contributed by atoms with Crippen LogP contribution in [0.15, 0.2) is 12.5 Å². The van der Waals surface area contributed by atoms with Gasteiger partial charge in [-0.25, -0.2) is 4.98 Å². The Balaban J connectivity index is 2.00. The summed E-state index contributed by atoms with van der Waals surface area (Å²) in [6, 6.07) is -0.626. The normalized spacial score (nSPS) is 12.4. The van der Waals surface area contributed by atoms with Crippen molar-refractivity contribution in [1.29, 1.82) is 0 Å². The molecular weight excluding hydrogens is 232 g/mol. The van der Waals surface area contributed by atoms with Crippen molar-refractivity contribution in [2.24, 2.45) is 5.73 Å². The summed E-state index contributed by atoms with van der Waals surface area (Å²) in [5, 5.41) is 9.59. The molecule has 7 nitrogen and oxygen atoms in total. The largest absolute Gasteiger partial charge is 0.348 e. The number of hydrogen-bond acceptors (Lipinski definition) is 4. The minimum Gasteiger partial charge on any atom is -0.348 e. The fraction of sp³-hybridized carbons (Fsp3) is 0.364. The monoisotopic (exact) mass is 248 g/mol. The van der Waals surface area contributed by atoms with E-state index in [9.17, 15) is 4.79 Å². The summed E-state index contributed by atoms with van der Waals surface area (Å²) in [5.41, 5.74) is 8.92. The molecule has 2 aromatic heterocycles. The molecule has 0 aliphatic rings. The molecule has 0 unspecified atom stereocenters. The van der Waals surface area contributed by atoms with Gasteiger partial charge in [0.1, 0.15) is 0 Å². The topological polar surface area (TPSA) is 112 Å². The van der Waals surface area contributed by atoms with E-state index in [1.165, 1.54) is 0 Å². The molecule has 1 amide bonds. The second kappa shape index (κ2) is 5.01. The number of rotatable bonds is 4. The van der Waals surface area contributed by atoms with E-state index in [4.69, 9.17) is 5.73 Å². The third kappa shape index (κ3) is 2.57. The van der Waals surface area contributed by atoms with E-state index < -0.39 is 6.04 Å². The first-order chi connectivity index (χ1) is 8.58. The molecule has 0 fully saturated rings. The van der Waals surface area contributed by atoms with Gasteiger partial charge in [-0.1, -0.05) is 0 Å². The lowest BCUT2D eigenvalue weighted by Crippen LogP contribution is -2.37. The number of aromatic amines is 2. The molecule has 5 N–H and O–H groups in total. The molecule has 96 valence electrons. The van der Waals surface area contributed by atoms with Crippen molar-refractivity contribution < 1.29 is 4.79 Å². The van der Waals surface area contributed by atoms with Crippen molar-refractivity contribution in [3.8, 4) is 0 Å². The molecule has 2 aromatic rings. The molecule has 0 bridgehead atoms. The van der Waals surface area contributed by atoms with Crippen LogP contribution in [0.5, 0.6) is 0 Å². The van der Waals surface area contributed by atoms with Crippen molar-refractivity contribution in [3.05, 3.63) is 29.6 Å². The number of aryl methyl sites for hydroxylation is 2. The predicted molar refractivity (Wildman–Crippen MR) is 67.0 cm³/mol. The summed E-state index contributed by atoms with van der Waals surface area (Å²) in [6.45, 7) is 3.66. The summed E-state index contributed by atoms with van der Waals surface area (Å²) in [5.74, 6) is -0.239. The lowest BCUT2D eigenvalue weighted by Gasteiger charge is -2.11. The highest BCUT2D eigenvalue weighted by Gasteiger charge is 2.17. The van der Waals surface area contributed by atoms with Crippen LogP contribution in [0.3, 0.4) is 0 Å². The summed E-state index contributed by atoms with van der Waals surface area (Å²) < 4.78 is 0. The number of nitrogens with zero attached hydrogens (tertiary/aromatic N) is 2. The molecule has 2 heterocycles. The summed E-state index contributed by atoms with van der Waals surface area (Å²) >= 11 is 0. The van der Waals surface area contributed by atoms with Gasteiger partial charge < -0.3 is 16.0 Å². The molecule has 0 aromatic carbocycles. The van der Waals surface area contributed by atoms with Crippen LogP contribution in [-0.2, 0) is 11.2 Å². The number of anilines is 1. The quantitative estimate of drug-likeness (QED) is 0.621. The Morgan fingerprint density at radius 3 is 2.89 bits per heavy atom. The van der Waals surface area contributed by atoms with Gasteiger partial charge in [0.25, 0.3) is 0 Å². The van der Waals surface area contributed by atoms with Crippen molar-refractivity contribution in [2.45, 2.75) is 26.3 Å². The van der Waals surface area contributed by atoms with Gasteiger partial charge in [0.15, 0.2) is 0 Å². The zero-order valence-electron chi connectivity index (χ0n) is 10.3. The van der Waals surface area contributed by atoms with Gasteiger partial charge in [-0.3, -0.25) is 9.89 Å². The van der Waals surface area contributed by atoms with Crippen LogP contribution in [0.2, 0.25) is 0 Å². The zero-order chi connectivity index (χ0) is 13.1. The number of H-pyrrole nitrogens is 2. The number of carbonyl (C=O) groups is 1. The van der Waals surface area contributed by atoms with Crippen LogP contribution in [0, 0.1) is 13.8 Å². The van der Waals surface area contributed by atoms with Gasteiger partial charge in [0.05, 0.1) is 29.4 Å². The average molecular weight is 248 g/mol. The molecule has 0 saturated heterocycles. The van der Waals surface area contributed by atoms with Crippen LogP contribution < -0.4 is 11.1 Å². The average Bonchev–Trinajstić information content (AvgIpc) is 2.94. The summed E-state index contributed by atoms with van der Waals surface area (Å²) in [7, 11) is 0. The Hall–Kier alpha value is -2.15. The van der Waals surface area contributed by atoms with Crippen LogP contribution in [0.25, 0.3) is 0 Å². The van der Waals surface area contributed by atoms with Crippen LogP contribution in [0.4, 0.5) is 5.69 Å². The molecular formula is C11H16N6O. The molecule has 0 saturated carbocycles. The number of hydrogen-bond donors (Lipinski definition) is 4. The van der Waals surface area contributed by atoms with Crippen molar-refractivity contribution >= 4 is 11.6 Å². The lowest BCUT2D eigenvalue weighted by atomic mass is 10.1. The van der Waals surface area contributed by atoms with Crippen LogP contribution in [-0.4, -0.2) is 32.1 Å². The fourth-order valence-electron chi connectivity index (χ4n) is 1.68. The van der Waals surface area contributed by atoms with Crippen molar-refractivity contribution in [2.75, 3.05) is 5.32 Å². The highest BCUT2D eigenvalue weighted by Crippen LogP contribution is 2.16. The number of amides is 1. The Kier molecular flexibility index (Phi) is 3.42. The Morgan fingerprint density at radius 2 is 2.33 bits per heavy atom. The fourth-order valence-corrected chi connectivity index (χ4v) is 1.68. The SMILES string of the molecule is Cc1n[nH]c(C)c1NC(=O)[C@@H](N)Cc1cnc[nH]1. The van der Waals surface area contributed by atoms with Crippen LogP contribution >= 0.6 is 0 Å². The second-order valence-corrected chi connectivity index (χ2v) is 4.19. The van der Waals surface area contributed by atoms with E-state index in [-0.39, 0.29) is 5.91 Å². The number of carbonyl (C=O) groups excluding carboxylic acids is 1. The summed E-state index contributed by atoms with van der Waals surface area (Å²) in [4.78, 5) is 18.7. The highest BCUT2D eigenvalue weighted by molar-refractivity contribution is 5.95. The van der Waals surface area contributed by atoms with Crippen LogP contribution in [0.1, 0.15) is 17.1 Å². The number of imidazole rings is 1. The molecule has 7 heteroatoms. The molecule has 0 radical (unpaired) electrons. The Bertz CT molecular complexity index is 510. The van der Waals surface area contributed by atoms with Gasteiger partial charge in [-0.15, -0.1) is 0 Å². The van der Waals surface area contributed by atoms with E-state index in [0.29, 0.717) is 12.1 Å². The lowest BCUT2D eigenvalue weighted by molar-refractivity contribution is -0.117. The van der Waals surface area contributed by atoms with Gasteiger partial charge in [-0.2, -0.15) is 5.10 Å². The highest BCUT2D eigenvalue weighted by atomic mass is 16.2.